The maximum atomic E-state index is 14.2. The van der Waals surface area contributed by atoms with Crippen LogP contribution in [0.4, 0.5) is 8.78 Å². The summed E-state index contributed by atoms with van der Waals surface area (Å²) in [5.74, 6) is -4.71. The Kier molecular flexibility index (Phi) is 5.61. The van der Waals surface area contributed by atoms with Crippen LogP contribution in [0.2, 0.25) is 5.04 Å². The van der Waals surface area contributed by atoms with Crippen molar-refractivity contribution < 1.29 is 13.2 Å². The monoisotopic (exact) mass is 401 g/mol. The fourth-order valence-electron chi connectivity index (χ4n) is 4.04. The van der Waals surface area contributed by atoms with E-state index >= 15 is 0 Å². The largest absolute Gasteiger partial charge is 0.407 e. The van der Waals surface area contributed by atoms with Crippen LogP contribution in [0.5, 0.6) is 0 Å². The number of halogens is 2. The van der Waals surface area contributed by atoms with Crippen LogP contribution < -0.4 is 10.4 Å². The van der Waals surface area contributed by atoms with Crippen molar-refractivity contribution in [1.82, 2.24) is 0 Å². The first-order valence-corrected chi connectivity index (χ1v) is 11.3. The molecule has 1 aliphatic rings. The lowest BCUT2D eigenvalue weighted by atomic mass is 10.2. The lowest BCUT2D eigenvalue weighted by Crippen LogP contribution is -2.66. The molecule has 1 fully saturated rings. The van der Waals surface area contributed by atoms with Crippen molar-refractivity contribution in [1.29, 1.82) is 0 Å². The molecule has 2 aromatic rings. The van der Waals surface area contributed by atoms with Crippen LogP contribution in [0.25, 0.3) is 10.4 Å². The molecule has 0 saturated heterocycles. The van der Waals surface area contributed by atoms with Crippen molar-refractivity contribution in [3.63, 3.8) is 0 Å². The van der Waals surface area contributed by atoms with E-state index in [1.807, 2.05) is 60.7 Å². The van der Waals surface area contributed by atoms with Crippen molar-refractivity contribution in [2.45, 2.75) is 31.7 Å². The number of hydrogen-bond donors (Lipinski definition) is 0. The Morgan fingerprint density at radius 2 is 1.50 bits per heavy atom. The zero-order valence-electron chi connectivity index (χ0n) is 16.3. The van der Waals surface area contributed by atoms with Gasteiger partial charge in [-0.3, -0.25) is 0 Å². The van der Waals surface area contributed by atoms with Crippen LogP contribution in [-0.2, 0) is 4.43 Å². The van der Waals surface area contributed by atoms with Gasteiger partial charge in [0.2, 0.25) is 0 Å². The molecule has 1 saturated carbocycles. The van der Waals surface area contributed by atoms with Crippen LogP contribution in [0.1, 0.15) is 20.8 Å². The molecule has 0 spiro atoms. The van der Waals surface area contributed by atoms with E-state index in [9.17, 15) is 8.78 Å². The minimum absolute atomic E-state index is 0.0497. The third-order valence-electron chi connectivity index (χ3n) is 5.60. The molecule has 1 aliphatic carbocycles. The second-order valence-electron chi connectivity index (χ2n) is 8.28. The fraction of sp³-hybridized carbons (Fsp3) is 0.429. The van der Waals surface area contributed by atoms with Crippen molar-refractivity contribution >= 4 is 18.7 Å². The molecular weight excluding hydrogens is 376 g/mol. The Balaban J connectivity index is 1.99. The summed E-state index contributed by atoms with van der Waals surface area (Å²) >= 11 is 0. The van der Waals surface area contributed by atoms with Gasteiger partial charge in [-0.1, -0.05) is 86.5 Å². The maximum Gasteiger partial charge on any atom is 0.261 e. The smallest absolute Gasteiger partial charge is 0.261 e. The van der Waals surface area contributed by atoms with Gasteiger partial charge in [-0.05, 0) is 20.9 Å². The molecule has 3 rings (SSSR count). The molecule has 2 atom stereocenters. The summed E-state index contributed by atoms with van der Waals surface area (Å²) in [5.41, 5.74) is 8.45. The summed E-state index contributed by atoms with van der Waals surface area (Å²) in [4.78, 5) is 2.62. The maximum absolute atomic E-state index is 14.2. The van der Waals surface area contributed by atoms with Crippen LogP contribution in [0.3, 0.4) is 0 Å². The Morgan fingerprint density at radius 3 is 1.93 bits per heavy atom. The Hall–Kier alpha value is -2.21. The van der Waals surface area contributed by atoms with Gasteiger partial charge in [0.15, 0.2) is 0 Å². The molecule has 0 unspecified atom stereocenters. The summed E-state index contributed by atoms with van der Waals surface area (Å²) in [5, 5.41) is 5.20. The number of azide groups is 1. The molecule has 0 aliphatic heterocycles. The predicted molar refractivity (Wildman–Crippen MR) is 110 cm³/mol. The number of alkyl halides is 2. The number of hydrogen-bond acceptors (Lipinski definition) is 2. The summed E-state index contributed by atoms with van der Waals surface area (Å²) < 4.78 is 35.0. The molecule has 0 radical (unpaired) electrons. The predicted octanol–water partition coefficient (Wildman–Crippen LogP) is 4.75. The third-order valence-corrected chi connectivity index (χ3v) is 10.6. The second-order valence-corrected chi connectivity index (χ2v) is 12.6. The van der Waals surface area contributed by atoms with E-state index in [0.717, 1.165) is 10.4 Å². The van der Waals surface area contributed by atoms with Gasteiger partial charge in [-0.2, -0.15) is 0 Å². The summed E-state index contributed by atoms with van der Waals surface area (Å²) in [6, 6.07) is 19.9. The molecule has 0 bridgehead atoms. The van der Waals surface area contributed by atoms with Crippen LogP contribution >= 0.6 is 0 Å². The first-order valence-electron chi connectivity index (χ1n) is 9.39. The molecule has 7 heteroatoms. The van der Waals surface area contributed by atoms with Gasteiger partial charge in [0.1, 0.15) is 0 Å². The zero-order valence-corrected chi connectivity index (χ0v) is 17.3. The van der Waals surface area contributed by atoms with Gasteiger partial charge in [0, 0.05) is 24.0 Å². The average molecular weight is 402 g/mol. The number of benzene rings is 2. The van der Waals surface area contributed by atoms with Crippen molar-refractivity contribution in [3.8, 4) is 0 Å². The number of nitrogens with zero attached hydrogens (tertiary/aromatic N) is 3. The topological polar surface area (TPSA) is 58.0 Å². The lowest BCUT2D eigenvalue weighted by Gasteiger charge is -2.43. The SMILES string of the molecule is CC(C)(C)[Si](OC[C@H]1[C@H](CN=[N+]=[N-])C1(F)F)(c1ccccc1)c1ccccc1. The van der Waals surface area contributed by atoms with Crippen LogP contribution in [0, 0.1) is 11.8 Å². The molecular formula is C21H25F2N3OSi. The van der Waals surface area contributed by atoms with E-state index in [0.29, 0.717) is 0 Å². The summed E-state index contributed by atoms with van der Waals surface area (Å²) in [6.45, 7) is 6.09. The summed E-state index contributed by atoms with van der Waals surface area (Å²) in [6.07, 6.45) is 0. The summed E-state index contributed by atoms with van der Waals surface area (Å²) in [7, 11) is -2.83. The minimum Gasteiger partial charge on any atom is -0.407 e. The Morgan fingerprint density at radius 1 is 1.00 bits per heavy atom. The standard InChI is InChI=1S/C21H25F2N3OSi/c1-20(2,3)28(16-10-6-4-7-11-16,17-12-8-5-9-13-17)27-15-19-18(14-25-26-24)21(19,22)23/h4-13,18-19H,14-15H2,1-3H3/t18-,19-/m0/s1. The van der Waals surface area contributed by atoms with Crippen molar-refractivity contribution in [2.75, 3.05) is 13.2 Å². The number of rotatable bonds is 7. The highest BCUT2D eigenvalue weighted by atomic mass is 28.4. The molecule has 28 heavy (non-hydrogen) atoms. The van der Waals surface area contributed by atoms with E-state index in [4.69, 9.17) is 9.96 Å². The Bertz CT molecular complexity index is 809. The second kappa shape index (κ2) is 7.66. The fourth-order valence-corrected chi connectivity index (χ4v) is 8.62. The molecule has 0 aromatic heterocycles. The lowest BCUT2D eigenvalue weighted by molar-refractivity contribution is 0.0745. The van der Waals surface area contributed by atoms with E-state index in [1.165, 1.54) is 0 Å². The molecule has 0 heterocycles. The highest BCUT2D eigenvalue weighted by Crippen LogP contribution is 2.56. The van der Waals surface area contributed by atoms with E-state index < -0.39 is 26.1 Å². The quantitative estimate of drug-likeness (QED) is 0.286. The van der Waals surface area contributed by atoms with E-state index in [-0.39, 0.29) is 18.2 Å². The van der Waals surface area contributed by atoms with Crippen molar-refractivity contribution in [3.05, 3.63) is 71.1 Å². The van der Waals surface area contributed by atoms with Gasteiger partial charge in [-0.25, -0.2) is 8.78 Å². The normalized spacial score (nSPS) is 21.0. The average Bonchev–Trinajstić information content (AvgIpc) is 3.20. The first kappa shape index (κ1) is 20.5. The van der Waals surface area contributed by atoms with Gasteiger partial charge in [0.05, 0.1) is 5.92 Å². The van der Waals surface area contributed by atoms with E-state index in [1.54, 1.807) is 0 Å². The highest BCUT2D eigenvalue weighted by Gasteiger charge is 2.68. The van der Waals surface area contributed by atoms with Gasteiger partial charge in [0.25, 0.3) is 14.2 Å². The van der Waals surface area contributed by atoms with E-state index in [2.05, 4.69) is 30.8 Å². The van der Waals surface area contributed by atoms with Crippen LogP contribution in [-0.4, -0.2) is 27.4 Å². The minimum atomic E-state index is -2.85. The molecule has 0 amide bonds. The zero-order chi connectivity index (χ0) is 20.4. The van der Waals surface area contributed by atoms with Crippen LogP contribution in [0.15, 0.2) is 65.8 Å². The first-order chi connectivity index (χ1) is 13.2. The third kappa shape index (κ3) is 3.57. The molecule has 2 aromatic carbocycles. The molecule has 4 nitrogen and oxygen atoms in total. The van der Waals surface area contributed by atoms with Crippen molar-refractivity contribution in [2.24, 2.45) is 17.0 Å². The van der Waals surface area contributed by atoms with Gasteiger partial charge < -0.3 is 4.43 Å². The molecule has 0 N–H and O–H groups in total. The highest BCUT2D eigenvalue weighted by molar-refractivity contribution is 6.99. The molecule has 148 valence electrons. The Labute approximate surface area is 165 Å². The van der Waals surface area contributed by atoms with Gasteiger partial charge >= 0.3 is 0 Å². The van der Waals surface area contributed by atoms with Gasteiger partial charge in [-0.15, -0.1) is 0 Å².